The van der Waals surface area contributed by atoms with Gasteiger partial charge in [0, 0.05) is 30.6 Å². The summed E-state index contributed by atoms with van der Waals surface area (Å²) in [5.41, 5.74) is 1.97. The number of carbonyl (C=O) groups is 2. The van der Waals surface area contributed by atoms with Crippen molar-refractivity contribution in [2.45, 2.75) is 26.3 Å². The van der Waals surface area contributed by atoms with Gasteiger partial charge in [0.15, 0.2) is 11.6 Å². The molecule has 3 aromatic rings. The van der Waals surface area contributed by atoms with Gasteiger partial charge in [-0.2, -0.15) is 0 Å². The van der Waals surface area contributed by atoms with Crippen LogP contribution < -0.4 is 10.1 Å². The molecule has 6 nitrogen and oxygen atoms in total. The van der Waals surface area contributed by atoms with Crippen molar-refractivity contribution in [1.82, 2.24) is 9.88 Å². The van der Waals surface area contributed by atoms with Crippen molar-refractivity contribution >= 4 is 29.2 Å². The number of pyridine rings is 1. The quantitative estimate of drug-likeness (QED) is 0.520. The summed E-state index contributed by atoms with van der Waals surface area (Å²) in [5.74, 6) is 0.200. The molecule has 4 rings (SSSR count). The molecule has 164 valence electrons. The number of nitrogens with one attached hydrogen (secondary N) is 1. The zero-order valence-electron chi connectivity index (χ0n) is 17.4. The number of halogens is 2. The Bertz CT molecular complexity index is 1180. The topological polar surface area (TPSA) is 71.5 Å². The largest absolute Gasteiger partial charge is 0.454 e. The van der Waals surface area contributed by atoms with Crippen molar-refractivity contribution < 1.29 is 18.7 Å². The van der Waals surface area contributed by atoms with Gasteiger partial charge in [-0.15, -0.1) is 0 Å². The summed E-state index contributed by atoms with van der Waals surface area (Å²) in [5, 5.41) is 3.25. The van der Waals surface area contributed by atoms with Crippen LogP contribution in [0.15, 0.2) is 54.7 Å². The van der Waals surface area contributed by atoms with Gasteiger partial charge < -0.3 is 9.64 Å². The number of urea groups is 1. The lowest BCUT2D eigenvalue weighted by Gasteiger charge is -2.28. The summed E-state index contributed by atoms with van der Waals surface area (Å²) in [6, 6.07) is 13.0. The number of benzene rings is 2. The highest BCUT2D eigenvalue weighted by molar-refractivity contribution is 6.31. The molecule has 32 heavy (non-hydrogen) atoms. The van der Waals surface area contributed by atoms with Crippen LogP contribution in [0.25, 0.3) is 0 Å². The lowest BCUT2D eigenvalue weighted by molar-refractivity contribution is -0.117. The molecule has 1 N–H and O–H groups in total. The van der Waals surface area contributed by atoms with E-state index in [0.29, 0.717) is 40.8 Å². The molecule has 1 aromatic heterocycles. The monoisotopic (exact) mass is 453 g/mol. The van der Waals surface area contributed by atoms with Crippen molar-refractivity contribution in [3.05, 3.63) is 82.3 Å². The van der Waals surface area contributed by atoms with E-state index in [1.807, 2.05) is 13.0 Å². The van der Waals surface area contributed by atoms with E-state index in [2.05, 4.69) is 10.3 Å². The van der Waals surface area contributed by atoms with Crippen LogP contribution >= 0.6 is 11.6 Å². The minimum Gasteiger partial charge on any atom is -0.454 e. The Labute approximate surface area is 190 Å². The molecular weight excluding hydrogens is 433 g/mol. The summed E-state index contributed by atoms with van der Waals surface area (Å²) in [6.07, 6.45) is 1.77. The van der Waals surface area contributed by atoms with Gasteiger partial charge in [-0.1, -0.05) is 35.9 Å². The summed E-state index contributed by atoms with van der Waals surface area (Å²) < 4.78 is 20.6. The van der Waals surface area contributed by atoms with E-state index >= 15 is 0 Å². The van der Waals surface area contributed by atoms with Gasteiger partial charge >= 0.3 is 6.03 Å². The number of Topliss-reactive ketones (excluding diaryl/α,β-unsaturated/α-hetero) is 1. The third-order valence-corrected chi connectivity index (χ3v) is 5.59. The highest BCUT2D eigenvalue weighted by Gasteiger charge is 2.25. The van der Waals surface area contributed by atoms with Gasteiger partial charge in [0.05, 0.1) is 12.1 Å². The fourth-order valence-electron chi connectivity index (χ4n) is 3.53. The first-order chi connectivity index (χ1) is 15.4. The van der Waals surface area contributed by atoms with Crippen molar-refractivity contribution in [3.8, 4) is 11.5 Å². The van der Waals surface area contributed by atoms with Gasteiger partial charge in [-0.25, -0.2) is 14.2 Å². The summed E-state index contributed by atoms with van der Waals surface area (Å²) in [7, 11) is 0. The van der Waals surface area contributed by atoms with Crippen molar-refractivity contribution in [2.24, 2.45) is 0 Å². The predicted molar refractivity (Wildman–Crippen MR) is 120 cm³/mol. The van der Waals surface area contributed by atoms with Crippen LogP contribution in [0.2, 0.25) is 5.02 Å². The number of amides is 2. The van der Waals surface area contributed by atoms with E-state index < -0.39 is 5.82 Å². The minimum atomic E-state index is -0.578. The predicted octanol–water partition coefficient (Wildman–Crippen LogP) is 5.39. The zero-order valence-corrected chi connectivity index (χ0v) is 18.2. The third-order valence-electron chi connectivity index (χ3n) is 5.22. The summed E-state index contributed by atoms with van der Waals surface area (Å²) in [4.78, 5) is 30.2. The van der Waals surface area contributed by atoms with Crippen LogP contribution in [-0.4, -0.2) is 28.2 Å². The number of anilines is 1. The van der Waals surface area contributed by atoms with Gasteiger partial charge in [-0.3, -0.25) is 10.1 Å². The third kappa shape index (κ3) is 4.73. The highest BCUT2D eigenvalue weighted by Crippen LogP contribution is 2.34. The van der Waals surface area contributed by atoms with Crippen LogP contribution in [-0.2, 0) is 24.2 Å². The normalized spacial score (nSPS) is 12.8. The highest BCUT2D eigenvalue weighted by atomic mass is 35.5. The molecule has 0 aliphatic carbocycles. The second-order valence-electron chi connectivity index (χ2n) is 7.43. The maximum Gasteiger partial charge on any atom is 0.323 e. The fraction of sp³-hybridized carbons (Fsp3) is 0.208. The van der Waals surface area contributed by atoms with Crippen LogP contribution in [0.1, 0.15) is 23.6 Å². The maximum absolute atomic E-state index is 14.8. The first kappa shape index (κ1) is 21.8. The first-order valence-electron chi connectivity index (χ1n) is 10.2. The molecule has 0 fully saturated rings. The Morgan fingerprint density at radius 2 is 2.00 bits per heavy atom. The van der Waals surface area contributed by atoms with Crippen LogP contribution in [0.4, 0.5) is 15.0 Å². The van der Waals surface area contributed by atoms with Gasteiger partial charge in [0.2, 0.25) is 0 Å². The standard InChI is InChI=1S/C24H21ClFN3O3/c1-2-29-14-18-21(9-10-27-23(18)28-24(29)31)32-22-8-7-15(12-20(22)26)11-17(30)13-16-5-3-4-6-19(16)25/h3-10,12H,2,11,13-14H2,1H3,(H,27,28,31). The smallest absolute Gasteiger partial charge is 0.323 e. The van der Waals surface area contributed by atoms with Gasteiger partial charge in [-0.05, 0) is 42.3 Å². The average Bonchev–Trinajstić information content (AvgIpc) is 2.77. The minimum absolute atomic E-state index is 0.0284. The molecule has 0 saturated heterocycles. The Kier molecular flexibility index (Phi) is 6.37. The fourth-order valence-corrected chi connectivity index (χ4v) is 3.73. The van der Waals surface area contributed by atoms with E-state index in [0.717, 1.165) is 5.56 Å². The summed E-state index contributed by atoms with van der Waals surface area (Å²) >= 11 is 6.11. The SMILES string of the molecule is CCN1Cc2c(Oc3ccc(CC(=O)Cc4ccccc4Cl)cc3F)ccnc2NC1=O. The number of ketones is 1. The Hall–Kier alpha value is -3.45. The Morgan fingerprint density at radius 1 is 1.19 bits per heavy atom. The second-order valence-corrected chi connectivity index (χ2v) is 7.84. The van der Waals surface area contributed by atoms with Gasteiger partial charge in [0.25, 0.3) is 0 Å². The number of ether oxygens (including phenoxy) is 1. The average molecular weight is 454 g/mol. The molecule has 0 saturated carbocycles. The van der Waals surface area contributed by atoms with E-state index in [1.54, 1.807) is 35.2 Å². The van der Waals surface area contributed by atoms with Crippen molar-refractivity contribution in [2.75, 3.05) is 11.9 Å². The molecule has 1 aliphatic heterocycles. The van der Waals surface area contributed by atoms with E-state index in [1.165, 1.54) is 18.3 Å². The van der Waals surface area contributed by atoms with E-state index in [9.17, 15) is 14.0 Å². The molecule has 1 aliphatic rings. The number of rotatable bonds is 7. The van der Waals surface area contributed by atoms with Gasteiger partial charge in [0.1, 0.15) is 17.4 Å². The molecule has 0 unspecified atom stereocenters. The number of aromatic nitrogens is 1. The molecule has 0 atom stereocenters. The number of carbonyl (C=O) groups excluding carboxylic acids is 2. The Morgan fingerprint density at radius 3 is 2.75 bits per heavy atom. The molecule has 8 heteroatoms. The molecule has 2 heterocycles. The number of fused-ring (bicyclic) bond motifs is 1. The van der Waals surface area contributed by atoms with Crippen LogP contribution in [0, 0.1) is 5.82 Å². The van der Waals surface area contributed by atoms with E-state index in [4.69, 9.17) is 16.3 Å². The maximum atomic E-state index is 14.8. The van der Waals surface area contributed by atoms with Crippen molar-refractivity contribution in [3.63, 3.8) is 0 Å². The van der Waals surface area contributed by atoms with E-state index in [-0.39, 0.29) is 30.4 Å². The van der Waals surface area contributed by atoms with Crippen LogP contribution in [0.3, 0.4) is 0 Å². The van der Waals surface area contributed by atoms with Crippen molar-refractivity contribution in [1.29, 1.82) is 0 Å². The number of hydrogen-bond acceptors (Lipinski definition) is 4. The lowest BCUT2D eigenvalue weighted by Crippen LogP contribution is -2.38. The zero-order chi connectivity index (χ0) is 22.7. The van der Waals surface area contributed by atoms with Crippen LogP contribution in [0.5, 0.6) is 11.5 Å². The second kappa shape index (κ2) is 9.36. The first-order valence-corrected chi connectivity index (χ1v) is 10.6. The lowest BCUT2D eigenvalue weighted by atomic mass is 10.0. The Balaban J connectivity index is 1.48. The number of hydrogen-bond donors (Lipinski definition) is 1. The molecule has 0 spiro atoms. The molecule has 2 aromatic carbocycles. The molecular formula is C24H21ClFN3O3. The number of nitrogens with zero attached hydrogens (tertiary/aromatic N) is 2. The molecule has 2 amide bonds. The summed E-state index contributed by atoms with van der Waals surface area (Å²) in [6.45, 7) is 2.70. The molecule has 0 bridgehead atoms. The molecule has 0 radical (unpaired) electrons.